The summed E-state index contributed by atoms with van der Waals surface area (Å²) in [6.07, 6.45) is 6.85. The van der Waals surface area contributed by atoms with E-state index in [1.54, 1.807) is 0 Å². The van der Waals surface area contributed by atoms with Gasteiger partial charge in [0.05, 0.1) is 5.54 Å². The van der Waals surface area contributed by atoms with Gasteiger partial charge in [0, 0.05) is 13.1 Å². The van der Waals surface area contributed by atoms with Crippen LogP contribution in [0.1, 0.15) is 46.0 Å². The molecule has 4 fully saturated rings. The molecule has 0 spiro atoms. The molecule has 0 radical (unpaired) electrons. The van der Waals surface area contributed by atoms with Crippen molar-refractivity contribution in [1.82, 2.24) is 4.90 Å². The van der Waals surface area contributed by atoms with Crippen LogP contribution < -0.4 is 5.73 Å². The third-order valence-corrected chi connectivity index (χ3v) is 5.50. The van der Waals surface area contributed by atoms with E-state index in [1.807, 2.05) is 25.8 Å². The zero-order valence-corrected chi connectivity index (χ0v) is 13.1. The third-order valence-electron chi connectivity index (χ3n) is 5.50. The van der Waals surface area contributed by atoms with Crippen LogP contribution in [-0.4, -0.2) is 29.4 Å². The van der Waals surface area contributed by atoms with E-state index < -0.39 is 5.54 Å². The van der Waals surface area contributed by atoms with Crippen LogP contribution in [0.15, 0.2) is 0 Å². The second kappa shape index (κ2) is 4.92. The predicted molar refractivity (Wildman–Crippen MR) is 79.1 cm³/mol. The van der Waals surface area contributed by atoms with Crippen molar-refractivity contribution < 1.29 is 4.79 Å². The summed E-state index contributed by atoms with van der Waals surface area (Å²) in [7, 11) is 1.98. The minimum absolute atomic E-state index is 0. The molecule has 0 atom stereocenters. The second-order valence-electron chi connectivity index (χ2n) is 7.56. The Hall–Kier alpha value is -0.280. The highest BCUT2D eigenvalue weighted by Crippen LogP contribution is 2.55. The number of nitrogens with zero attached hydrogens (tertiary/aromatic N) is 1. The normalized spacial score (nSPS) is 39.9. The van der Waals surface area contributed by atoms with E-state index in [0.717, 1.165) is 23.7 Å². The largest absolute Gasteiger partial charge is 0.341 e. The van der Waals surface area contributed by atoms with Gasteiger partial charge in [0.25, 0.3) is 0 Å². The van der Waals surface area contributed by atoms with E-state index >= 15 is 0 Å². The molecule has 0 aliphatic heterocycles. The Bertz CT molecular complexity index is 336. The average Bonchev–Trinajstić information content (AvgIpc) is 2.24. The predicted octanol–water partition coefficient (Wildman–Crippen LogP) is 2.43. The first kappa shape index (κ1) is 15.1. The molecule has 4 rings (SSSR count). The van der Waals surface area contributed by atoms with Gasteiger partial charge in [-0.15, -0.1) is 12.4 Å². The van der Waals surface area contributed by atoms with Crippen molar-refractivity contribution in [3.8, 4) is 0 Å². The van der Waals surface area contributed by atoms with Crippen LogP contribution in [0.4, 0.5) is 0 Å². The van der Waals surface area contributed by atoms with Crippen LogP contribution in [0, 0.1) is 23.7 Å². The topological polar surface area (TPSA) is 46.3 Å². The fourth-order valence-electron chi connectivity index (χ4n) is 5.12. The van der Waals surface area contributed by atoms with Crippen LogP contribution in [0.2, 0.25) is 0 Å². The molecular formula is C15H27ClN2O. The van der Waals surface area contributed by atoms with E-state index in [4.69, 9.17) is 5.73 Å². The van der Waals surface area contributed by atoms with Crippen molar-refractivity contribution >= 4 is 18.3 Å². The van der Waals surface area contributed by atoms with Crippen molar-refractivity contribution in [3.05, 3.63) is 0 Å². The number of amides is 1. The lowest BCUT2D eigenvalue weighted by molar-refractivity contribution is -0.145. The molecule has 0 aromatic rings. The molecule has 0 saturated heterocycles. The first-order valence-electron chi connectivity index (χ1n) is 7.42. The van der Waals surface area contributed by atoms with Gasteiger partial charge in [0.15, 0.2) is 0 Å². The van der Waals surface area contributed by atoms with Crippen LogP contribution in [0.5, 0.6) is 0 Å². The van der Waals surface area contributed by atoms with Crippen molar-refractivity contribution in [1.29, 1.82) is 0 Å². The van der Waals surface area contributed by atoms with Gasteiger partial charge in [0.1, 0.15) is 0 Å². The molecule has 110 valence electrons. The smallest absolute Gasteiger partial charge is 0.242 e. The fourth-order valence-corrected chi connectivity index (χ4v) is 5.12. The number of rotatable bonds is 2. The molecular weight excluding hydrogens is 260 g/mol. The summed E-state index contributed by atoms with van der Waals surface area (Å²) in [5.41, 5.74) is 5.25. The number of nitrogens with two attached hydrogens (primary N) is 1. The van der Waals surface area contributed by atoms with Gasteiger partial charge >= 0.3 is 0 Å². The van der Waals surface area contributed by atoms with Gasteiger partial charge < -0.3 is 10.6 Å². The zero-order chi connectivity index (χ0) is 13.1. The van der Waals surface area contributed by atoms with Gasteiger partial charge in [-0.3, -0.25) is 4.79 Å². The van der Waals surface area contributed by atoms with E-state index in [1.165, 1.54) is 32.1 Å². The molecule has 4 bridgehead atoms. The molecule has 1 amide bonds. The van der Waals surface area contributed by atoms with Crippen LogP contribution in [0.3, 0.4) is 0 Å². The van der Waals surface area contributed by atoms with E-state index in [0.29, 0.717) is 6.04 Å². The van der Waals surface area contributed by atoms with Crippen LogP contribution in [-0.2, 0) is 4.79 Å². The van der Waals surface area contributed by atoms with Gasteiger partial charge in [-0.25, -0.2) is 0 Å². The maximum Gasteiger partial charge on any atom is 0.242 e. The zero-order valence-electron chi connectivity index (χ0n) is 12.3. The SMILES string of the molecule is CN(C(=O)C(C)(C)N)C1C2CC3CC(C2)CC1C3.Cl. The van der Waals surface area contributed by atoms with Gasteiger partial charge in [-0.2, -0.15) is 0 Å². The molecule has 4 aliphatic carbocycles. The summed E-state index contributed by atoms with van der Waals surface area (Å²) in [4.78, 5) is 14.4. The highest BCUT2D eigenvalue weighted by Gasteiger charge is 2.50. The quantitative estimate of drug-likeness (QED) is 0.847. The maximum absolute atomic E-state index is 12.4. The van der Waals surface area contributed by atoms with Crippen molar-refractivity contribution in [2.45, 2.75) is 57.5 Å². The Balaban J connectivity index is 0.00000133. The van der Waals surface area contributed by atoms with Crippen molar-refractivity contribution in [3.63, 3.8) is 0 Å². The van der Waals surface area contributed by atoms with Crippen LogP contribution in [0.25, 0.3) is 0 Å². The Morgan fingerprint density at radius 3 is 1.84 bits per heavy atom. The lowest BCUT2D eigenvalue weighted by Gasteiger charge is -2.57. The van der Waals surface area contributed by atoms with Crippen molar-refractivity contribution in [2.75, 3.05) is 7.05 Å². The minimum Gasteiger partial charge on any atom is -0.341 e. The molecule has 4 aliphatic rings. The lowest BCUT2D eigenvalue weighted by atomic mass is 9.54. The third kappa shape index (κ3) is 2.52. The molecule has 19 heavy (non-hydrogen) atoms. The van der Waals surface area contributed by atoms with E-state index in [2.05, 4.69) is 0 Å². The first-order valence-corrected chi connectivity index (χ1v) is 7.42. The lowest BCUT2D eigenvalue weighted by Crippen LogP contribution is -2.60. The number of hydrogen-bond donors (Lipinski definition) is 1. The monoisotopic (exact) mass is 286 g/mol. The Kier molecular flexibility index (Phi) is 3.92. The highest BCUT2D eigenvalue weighted by atomic mass is 35.5. The number of likely N-dealkylation sites (N-methyl/N-ethyl adjacent to an activating group) is 1. The summed E-state index contributed by atoms with van der Waals surface area (Å²) in [5.74, 6) is 3.52. The molecule has 4 saturated carbocycles. The van der Waals surface area contributed by atoms with Gasteiger partial charge in [0.2, 0.25) is 5.91 Å². The number of carbonyl (C=O) groups excluding carboxylic acids is 1. The Morgan fingerprint density at radius 1 is 1.05 bits per heavy atom. The molecule has 0 unspecified atom stereocenters. The Labute approximate surface area is 122 Å². The maximum atomic E-state index is 12.4. The van der Waals surface area contributed by atoms with Gasteiger partial charge in [-0.05, 0) is 69.6 Å². The molecule has 2 N–H and O–H groups in total. The van der Waals surface area contributed by atoms with Crippen molar-refractivity contribution in [2.24, 2.45) is 29.4 Å². The first-order chi connectivity index (χ1) is 8.36. The van der Waals surface area contributed by atoms with Gasteiger partial charge in [-0.1, -0.05) is 0 Å². The number of halogens is 1. The summed E-state index contributed by atoms with van der Waals surface area (Å²) >= 11 is 0. The van der Waals surface area contributed by atoms with Crippen LogP contribution >= 0.6 is 12.4 Å². The fraction of sp³-hybridized carbons (Fsp3) is 0.933. The summed E-state index contributed by atoms with van der Waals surface area (Å²) < 4.78 is 0. The number of carbonyl (C=O) groups is 1. The summed E-state index contributed by atoms with van der Waals surface area (Å²) in [6.45, 7) is 3.64. The molecule has 0 aromatic carbocycles. The minimum atomic E-state index is -0.733. The second-order valence-corrected chi connectivity index (χ2v) is 7.56. The van der Waals surface area contributed by atoms with E-state index in [-0.39, 0.29) is 18.3 Å². The average molecular weight is 287 g/mol. The summed E-state index contributed by atoms with van der Waals surface area (Å²) in [5, 5.41) is 0. The van der Waals surface area contributed by atoms with E-state index in [9.17, 15) is 4.79 Å². The molecule has 4 heteroatoms. The standard InChI is InChI=1S/C15H26N2O.ClH/c1-15(2,16)14(18)17(3)13-11-5-9-4-10(7-11)8-12(13)6-9;/h9-13H,4-8,16H2,1-3H3;1H. The highest BCUT2D eigenvalue weighted by molar-refractivity contribution is 5.85. The molecule has 0 heterocycles. The molecule has 3 nitrogen and oxygen atoms in total. The number of hydrogen-bond acceptors (Lipinski definition) is 2. The Morgan fingerprint density at radius 2 is 1.47 bits per heavy atom. The molecule has 0 aromatic heterocycles. The summed E-state index contributed by atoms with van der Waals surface area (Å²) in [6, 6.07) is 0.466.